The molecule has 2 aliphatic carbocycles. The van der Waals surface area contributed by atoms with Gasteiger partial charge in [0.2, 0.25) is 0 Å². The fraction of sp³-hybridized carbons (Fsp3) is 0.733. The smallest absolute Gasteiger partial charge is 0.334 e. The Morgan fingerprint density at radius 1 is 1.35 bits per heavy atom. The number of fused-ring (bicyclic) bond motifs is 3. The minimum Gasteiger partial charge on any atom is -0.457 e. The third-order valence-electron chi connectivity index (χ3n) is 5.84. The van der Waals surface area contributed by atoms with Gasteiger partial charge in [-0.05, 0) is 25.7 Å². The van der Waals surface area contributed by atoms with Gasteiger partial charge < -0.3 is 14.9 Å². The summed E-state index contributed by atoms with van der Waals surface area (Å²) in [6, 6.07) is 0. The Balaban J connectivity index is 2.17. The first-order valence-electron chi connectivity index (χ1n) is 7.08. The average Bonchev–Trinajstić information content (AvgIpc) is 2.74. The third-order valence-corrected chi connectivity index (χ3v) is 5.84. The number of hydrogen-bond acceptors (Lipinski definition) is 5. The van der Waals surface area contributed by atoms with Crippen molar-refractivity contribution in [2.75, 3.05) is 0 Å². The van der Waals surface area contributed by atoms with Crippen LogP contribution in [0.25, 0.3) is 0 Å². The Hall–Kier alpha value is -1.20. The zero-order valence-electron chi connectivity index (χ0n) is 11.8. The summed E-state index contributed by atoms with van der Waals surface area (Å²) in [4.78, 5) is 24.2. The predicted octanol–water partition coefficient (Wildman–Crippen LogP) is 0.585. The molecule has 3 aliphatic rings. The molecule has 3 rings (SSSR count). The van der Waals surface area contributed by atoms with Crippen molar-refractivity contribution in [1.29, 1.82) is 0 Å². The number of aliphatic hydroxyl groups is 2. The lowest BCUT2D eigenvalue weighted by molar-refractivity contribution is -0.189. The molecular weight excluding hydrogens is 260 g/mol. The molecule has 1 unspecified atom stereocenters. The number of rotatable bonds is 0. The van der Waals surface area contributed by atoms with Crippen molar-refractivity contribution in [1.82, 2.24) is 0 Å². The number of aliphatic hydroxyl groups excluding tert-OH is 1. The van der Waals surface area contributed by atoms with E-state index < -0.39 is 29.2 Å². The van der Waals surface area contributed by atoms with Crippen LogP contribution in [0.3, 0.4) is 0 Å². The molecule has 0 aromatic heterocycles. The number of hydrogen-bond donors (Lipinski definition) is 2. The van der Waals surface area contributed by atoms with Crippen LogP contribution >= 0.6 is 0 Å². The van der Waals surface area contributed by atoms with Gasteiger partial charge in [-0.2, -0.15) is 0 Å². The molecule has 6 atom stereocenters. The maximum absolute atomic E-state index is 12.5. The summed E-state index contributed by atoms with van der Waals surface area (Å²) in [6.45, 7) is 7.23. The Labute approximate surface area is 117 Å². The van der Waals surface area contributed by atoms with Crippen molar-refractivity contribution in [3.05, 3.63) is 12.2 Å². The van der Waals surface area contributed by atoms with Crippen molar-refractivity contribution >= 4 is 11.8 Å². The summed E-state index contributed by atoms with van der Waals surface area (Å²) in [5, 5.41) is 21.3. The van der Waals surface area contributed by atoms with Crippen molar-refractivity contribution < 1.29 is 24.5 Å². The molecular formula is C15H20O5. The summed E-state index contributed by atoms with van der Waals surface area (Å²) < 4.78 is 5.38. The lowest BCUT2D eigenvalue weighted by Gasteiger charge is -2.45. The highest BCUT2D eigenvalue weighted by Crippen LogP contribution is 2.58. The molecule has 5 nitrogen and oxygen atoms in total. The van der Waals surface area contributed by atoms with Gasteiger partial charge >= 0.3 is 5.97 Å². The van der Waals surface area contributed by atoms with Crippen LogP contribution in [0.15, 0.2) is 12.2 Å². The largest absolute Gasteiger partial charge is 0.457 e. The Morgan fingerprint density at radius 2 is 2.00 bits per heavy atom. The summed E-state index contributed by atoms with van der Waals surface area (Å²) in [5.41, 5.74) is -2.43. The van der Waals surface area contributed by atoms with E-state index in [0.29, 0.717) is 18.4 Å². The maximum atomic E-state index is 12.5. The van der Waals surface area contributed by atoms with Crippen LogP contribution in [0.1, 0.15) is 33.1 Å². The summed E-state index contributed by atoms with van der Waals surface area (Å²) in [7, 11) is 0. The molecule has 1 aliphatic heterocycles. The highest BCUT2D eigenvalue weighted by molar-refractivity contribution is 5.95. The van der Waals surface area contributed by atoms with Gasteiger partial charge in [-0.3, -0.25) is 4.79 Å². The van der Waals surface area contributed by atoms with Crippen molar-refractivity contribution in [2.45, 2.75) is 50.9 Å². The van der Waals surface area contributed by atoms with Crippen LogP contribution in [0.5, 0.6) is 0 Å². The molecule has 20 heavy (non-hydrogen) atoms. The van der Waals surface area contributed by atoms with E-state index in [4.69, 9.17) is 4.74 Å². The molecule has 3 fully saturated rings. The highest BCUT2D eigenvalue weighted by atomic mass is 16.6. The molecule has 0 amide bonds. The predicted molar refractivity (Wildman–Crippen MR) is 69.6 cm³/mol. The van der Waals surface area contributed by atoms with Gasteiger partial charge in [0, 0.05) is 17.9 Å². The van der Waals surface area contributed by atoms with Gasteiger partial charge in [0.1, 0.15) is 17.5 Å². The molecule has 0 aromatic carbocycles. The lowest BCUT2D eigenvalue weighted by Crippen LogP contribution is -2.60. The second-order valence-corrected chi connectivity index (χ2v) is 6.61. The van der Waals surface area contributed by atoms with Crippen molar-refractivity contribution in [3.8, 4) is 0 Å². The maximum Gasteiger partial charge on any atom is 0.334 e. The molecule has 1 heterocycles. The zero-order valence-corrected chi connectivity index (χ0v) is 11.8. The molecule has 2 N–H and O–H groups in total. The van der Waals surface area contributed by atoms with Gasteiger partial charge in [-0.25, -0.2) is 4.79 Å². The minimum atomic E-state index is -1.55. The van der Waals surface area contributed by atoms with Crippen LogP contribution in [-0.2, 0) is 14.3 Å². The Kier molecular flexibility index (Phi) is 2.70. The molecule has 110 valence electrons. The number of Topliss-reactive ketones (excluding diaryl/α,β-unsaturated/α-hetero) is 1. The molecule has 2 saturated carbocycles. The zero-order chi connectivity index (χ0) is 14.9. The first-order chi connectivity index (χ1) is 9.24. The number of carbonyl (C=O) groups is 2. The molecule has 5 heteroatoms. The minimum absolute atomic E-state index is 0.0927. The van der Waals surface area contributed by atoms with Crippen LogP contribution in [0.2, 0.25) is 0 Å². The van der Waals surface area contributed by atoms with E-state index in [1.807, 2.05) is 6.92 Å². The molecule has 0 radical (unpaired) electrons. The summed E-state index contributed by atoms with van der Waals surface area (Å²) >= 11 is 0. The molecule has 0 aromatic rings. The van der Waals surface area contributed by atoms with E-state index >= 15 is 0 Å². The van der Waals surface area contributed by atoms with Crippen LogP contribution in [-0.4, -0.2) is 39.8 Å². The lowest BCUT2D eigenvalue weighted by atomic mass is 9.64. The molecule has 1 saturated heterocycles. The van der Waals surface area contributed by atoms with E-state index in [1.54, 1.807) is 6.92 Å². The highest BCUT2D eigenvalue weighted by Gasteiger charge is 2.71. The van der Waals surface area contributed by atoms with Crippen molar-refractivity contribution in [2.24, 2.45) is 17.3 Å². The van der Waals surface area contributed by atoms with Gasteiger partial charge in [0.25, 0.3) is 0 Å². The topological polar surface area (TPSA) is 83.8 Å². The fourth-order valence-electron chi connectivity index (χ4n) is 4.44. The first kappa shape index (κ1) is 13.8. The van der Waals surface area contributed by atoms with E-state index in [9.17, 15) is 19.8 Å². The molecule has 0 spiro atoms. The average molecular weight is 280 g/mol. The van der Waals surface area contributed by atoms with Crippen LogP contribution in [0.4, 0.5) is 0 Å². The normalized spacial score (nSPS) is 51.5. The quantitative estimate of drug-likeness (QED) is 0.501. The SMILES string of the molecule is C=C1C(=O)O[C@@H]2[C@H]1CC[C@H](C)[C@]1(O)C(O)CC(=O)[C@@]21C. The Bertz CT molecular complexity index is 512. The van der Waals surface area contributed by atoms with E-state index in [1.165, 1.54) is 0 Å². The number of carbonyl (C=O) groups excluding carboxylic acids is 2. The van der Waals surface area contributed by atoms with Crippen LogP contribution < -0.4 is 0 Å². The summed E-state index contributed by atoms with van der Waals surface area (Å²) in [6.07, 6.45) is -0.671. The summed E-state index contributed by atoms with van der Waals surface area (Å²) in [5.74, 6) is -1.23. The van der Waals surface area contributed by atoms with Gasteiger partial charge in [-0.1, -0.05) is 13.5 Å². The monoisotopic (exact) mass is 280 g/mol. The van der Waals surface area contributed by atoms with Gasteiger partial charge in [0.05, 0.1) is 11.5 Å². The van der Waals surface area contributed by atoms with Crippen molar-refractivity contribution in [3.63, 3.8) is 0 Å². The second-order valence-electron chi connectivity index (χ2n) is 6.61. The second kappa shape index (κ2) is 3.92. The first-order valence-corrected chi connectivity index (χ1v) is 7.08. The number of ether oxygens (including phenoxy) is 1. The van der Waals surface area contributed by atoms with E-state index in [-0.39, 0.29) is 24.0 Å². The van der Waals surface area contributed by atoms with Gasteiger partial charge in [0.15, 0.2) is 0 Å². The standard InChI is InChI=1S/C15H20O5/c1-7-4-5-9-8(2)13(18)20-12(9)14(3)10(16)6-11(17)15(7,14)19/h7,9,11-12,17,19H,2,4-6H2,1,3H3/t7-,9-,11?,12+,14-,15-/m0/s1. The number of ketones is 1. The Morgan fingerprint density at radius 3 is 2.65 bits per heavy atom. The third kappa shape index (κ3) is 1.30. The van der Waals surface area contributed by atoms with Gasteiger partial charge in [-0.15, -0.1) is 0 Å². The molecule has 0 bridgehead atoms. The van der Waals surface area contributed by atoms with Crippen LogP contribution in [0, 0.1) is 17.3 Å². The van der Waals surface area contributed by atoms with E-state index in [0.717, 1.165) is 0 Å². The fourth-order valence-corrected chi connectivity index (χ4v) is 4.44. The number of esters is 1. The van der Waals surface area contributed by atoms with E-state index in [2.05, 4.69) is 6.58 Å².